The second kappa shape index (κ2) is 6.53. The van der Waals surface area contributed by atoms with Crippen molar-refractivity contribution >= 4 is 0 Å². The van der Waals surface area contributed by atoms with Crippen molar-refractivity contribution in [2.45, 2.75) is 26.3 Å². The van der Waals surface area contributed by atoms with Gasteiger partial charge < -0.3 is 10.5 Å². The third-order valence-corrected chi connectivity index (χ3v) is 3.26. The highest BCUT2D eigenvalue weighted by Gasteiger charge is 2.12. The van der Waals surface area contributed by atoms with Crippen molar-refractivity contribution in [2.24, 2.45) is 5.73 Å². The molecule has 0 saturated heterocycles. The zero-order valence-corrected chi connectivity index (χ0v) is 11.9. The minimum Gasteiger partial charge on any atom is -0.494 e. The maximum absolute atomic E-state index is 13.2. The monoisotopic (exact) mass is 273 g/mol. The van der Waals surface area contributed by atoms with Gasteiger partial charge in [-0.1, -0.05) is 25.1 Å². The highest BCUT2D eigenvalue weighted by atomic mass is 19.1. The fraction of sp³-hybridized carbons (Fsp3) is 0.294. The minimum atomic E-state index is -0.277. The van der Waals surface area contributed by atoms with Gasteiger partial charge in [0.15, 0.2) is 0 Å². The van der Waals surface area contributed by atoms with E-state index in [1.54, 1.807) is 6.07 Å². The average Bonchev–Trinajstić information content (AvgIpc) is 2.45. The lowest BCUT2D eigenvalue weighted by atomic mass is 9.95. The molecule has 0 fully saturated rings. The van der Waals surface area contributed by atoms with E-state index in [-0.39, 0.29) is 11.9 Å². The Morgan fingerprint density at radius 3 is 2.70 bits per heavy atom. The first-order valence-corrected chi connectivity index (χ1v) is 6.86. The average molecular weight is 273 g/mol. The van der Waals surface area contributed by atoms with Crippen LogP contribution in [0.15, 0.2) is 42.5 Å². The van der Waals surface area contributed by atoms with Crippen LogP contribution in [0.3, 0.4) is 0 Å². The molecule has 1 atom stereocenters. The van der Waals surface area contributed by atoms with Gasteiger partial charge in [0, 0.05) is 0 Å². The molecule has 0 bridgehead atoms. The van der Waals surface area contributed by atoms with E-state index in [1.165, 1.54) is 12.1 Å². The van der Waals surface area contributed by atoms with E-state index in [0.717, 1.165) is 28.9 Å². The third kappa shape index (κ3) is 3.36. The van der Waals surface area contributed by atoms with E-state index < -0.39 is 0 Å². The second-order valence-corrected chi connectivity index (χ2v) is 4.90. The topological polar surface area (TPSA) is 35.2 Å². The van der Waals surface area contributed by atoms with Crippen molar-refractivity contribution in [1.29, 1.82) is 0 Å². The second-order valence-electron chi connectivity index (χ2n) is 4.90. The molecule has 0 heterocycles. The van der Waals surface area contributed by atoms with Crippen molar-refractivity contribution in [3.8, 4) is 5.75 Å². The summed E-state index contributed by atoms with van der Waals surface area (Å²) in [5.74, 6) is 0.582. The maximum atomic E-state index is 13.2. The highest BCUT2D eigenvalue weighted by Crippen LogP contribution is 2.26. The zero-order chi connectivity index (χ0) is 14.5. The van der Waals surface area contributed by atoms with Crippen molar-refractivity contribution in [1.82, 2.24) is 0 Å². The van der Waals surface area contributed by atoms with Crippen LogP contribution in [0, 0.1) is 12.7 Å². The Labute approximate surface area is 119 Å². The van der Waals surface area contributed by atoms with Crippen molar-refractivity contribution in [3.63, 3.8) is 0 Å². The molecule has 0 aliphatic heterocycles. The van der Waals surface area contributed by atoms with Gasteiger partial charge in [0.25, 0.3) is 0 Å². The smallest absolute Gasteiger partial charge is 0.123 e. The summed E-state index contributed by atoms with van der Waals surface area (Å²) in [6, 6.07) is 12.2. The van der Waals surface area contributed by atoms with E-state index in [9.17, 15) is 4.39 Å². The lowest BCUT2D eigenvalue weighted by Gasteiger charge is -2.16. The van der Waals surface area contributed by atoms with Gasteiger partial charge in [0.2, 0.25) is 0 Å². The number of nitrogens with two attached hydrogens (primary N) is 1. The minimum absolute atomic E-state index is 0.238. The normalized spacial score (nSPS) is 12.2. The van der Waals surface area contributed by atoms with Crippen LogP contribution in [0.2, 0.25) is 0 Å². The molecule has 0 aromatic heterocycles. The van der Waals surface area contributed by atoms with Crippen LogP contribution in [-0.2, 0) is 0 Å². The molecule has 20 heavy (non-hydrogen) atoms. The largest absolute Gasteiger partial charge is 0.494 e. The first-order valence-electron chi connectivity index (χ1n) is 6.86. The Balaban J connectivity index is 2.26. The standard InChI is InChI=1S/C17H20FNO/c1-3-9-20-15-6-4-5-13(11-15)17(19)16-8-7-14(18)10-12(16)2/h4-8,10-11,17H,3,9,19H2,1-2H3. The number of halogens is 1. The zero-order valence-electron chi connectivity index (χ0n) is 11.9. The van der Waals surface area contributed by atoms with E-state index in [2.05, 4.69) is 6.92 Å². The highest BCUT2D eigenvalue weighted by molar-refractivity contribution is 5.39. The Kier molecular flexibility index (Phi) is 4.74. The Hall–Kier alpha value is -1.87. The first-order chi connectivity index (χ1) is 9.61. The molecular weight excluding hydrogens is 253 g/mol. The first kappa shape index (κ1) is 14.5. The number of aryl methyl sites for hydroxylation is 1. The van der Waals surface area contributed by atoms with E-state index in [1.807, 2.05) is 31.2 Å². The molecule has 0 amide bonds. The number of hydrogen-bond acceptors (Lipinski definition) is 2. The molecule has 2 N–H and O–H groups in total. The van der Waals surface area contributed by atoms with Crippen molar-refractivity contribution in [3.05, 3.63) is 65.0 Å². The summed E-state index contributed by atoms with van der Waals surface area (Å²) >= 11 is 0. The molecule has 0 spiro atoms. The summed E-state index contributed by atoms with van der Waals surface area (Å²) in [6.07, 6.45) is 0.966. The molecule has 1 unspecified atom stereocenters. The molecule has 2 aromatic carbocycles. The summed E-state index contributed by atoms with van der Waals surface area (Å²) in [5, 5.41) is 0. The molecule has 3 heteroatoms. The molecule has 106 valence electrons. The van der Waals surface area contributed by atoms with Gasteiger partial charge in [-0.25, -0.2) is 4.39 Å². The van der Waals surface area contributed by atoms with Gasteiger partial charge in [-0.05, 0) is 54.3 Å². The lowest BCUT2D eigenvalue weighted by Crippen LogP contribution is -2.13. The van der Waals surface area contributed by atoms with Crippen LogP contribution in [0.25, 0.3) is 0 Å². The SMILES string of the molecule is CCCOc1cccc(C(N)c2ccc(F)cc2C)c1. The molecule has 2 aromatic rings. The number of hydrogen-bond donors (Lipinski definition) is 1. The quantitative estimate of drug-likeness (QED) is 0.894. The van der Waals surface area contributed by atoms with E-state index in [4.69, 9.17) is 10.5 Å². The van der Waals surface area contributed by atoms with Crippen LogP contribution < -0.4 is 10.5 Å². The number of ether oxygens (including phenoxy) is 1. The fourth-order valence-corrected chi connectivity index (χ4v) is 2.19. The van der Waals surface area contributed by atoms with E-state index >= 15 is 0 Å². The molecule has 0 aliphatic rings. The molecule has 2 rings (SSSR count). The Morgan fingerprint density at radius 1 is 1.20 bits per heavy atom. The van der Waals surface area contributed by atoms with Gasteiger partial charge >= 0.3 is 0 Å². The van der Waals surface area contributed by atoms with Crippen molar-refractivity contribution < 1.29 is 9.13 Å². The third-order valence-electron chi connectivity index (χ3n) is 3.26. The molecule has 2 nitrogen and oxygen atoms in total. The summed E-state index contributed by atoms with van der Waals surface area (Å²) in [7, 11) is 0. The van der Waals surface area contributed by atoms with Gasteiger partial charge in [-0.2, -0.15) is 0 Å². The van der Waals surface area contributed by atoms with E-state index in [0.29, 0.717) is 6.61 Å². The predicted molar refractivity (Wildman–Crippen MR) is 79.4 cm³/mol. The summed E-state index contributed by atoms with van der Waals surface area (Å²) < 4.78 is 18.8. The predicted octanol–water partition coefficient (Wildman–Crippen LogP) is 3.97. The molecular formula is C17H20FNO. The number of rotatable bonds is 5. The molecule has 0 radical (unpaired) electrons. The summed E-state index contributed by atoms with van der Waals surface area (Å²) in [6.45, 7) is 4.63. The summed E-state index contributed by atoms with van der Waals surface area (Å²) in [5.41, 5.74) is 9.04. The maximum Gasteiger partial charge on any atom is 0.123 e. The summed E-state index contributed by atoms with van der Waals surface area (Å²) in [4.78, 5) is 0. The van der Waals surface area contributed by atoms with Gasteiger partial charge in [-0.15, -0.1) is 0 Å². The number of benzene rings is 2. The van der Waals surface area contributed by atoms with Crippen LogP contribution in [-0.4, -0.2) is 6.61 Å². The van der Waals surface area contributed by atoms with Crippen LogP contribution >= 0.6 is 0 Å². The fourth-order valence-electron chi connectivity index (χ4n) is 2.19. The molecule has 0 aliphatic carbocycles. The van der Waals surface area contributed by atoms with Crippen molar-refractivity contribution in [2.75, 3.05) is 6.61 Å². The van der Waals surface area contributed by atoms with Crippen LogP contribution in [0.4, 0.5) is 4.39 Å². The Morgan fingerprint density at radius 2 is 2.00 bits per heavy atom. The van der Waals surface area contributed by atoms with Gasteiger partial charge in [0.05, 0.1) is 12.6 Å². The van der Waals surface area contributed by atoms with Gasteiger partial charge in [0.1, 0.15) is 11.6 Å². The van der Waals surface area contributed by atoms with Gasteiger partial charge in [-0.3, -0.25) is 0 Å². The lowest BCUT2D eigenvalue weighted by molar-refractivity contribution is 0.317. The molecule has 0 saturated carbocycles. The van der Waals surface area contributed by atoms with Crippen LogP contribution in [0.5, 0.6) is 5.75 Å². The van der Waals surface area contributed by atoms with Crippen LogP contribution in [0.1, 0.15) is 36.1 Å². The Bertz CT molecular complexity index is 583.